The Labute approximate surface area is 174 Å². The highest BCUT2D eigenvalue weighted by molar-refractivity contribution is 5.77. The molecule has 9 heteroatoms. The van der Waals surface area contributed by atoms with Crippen molar-refractivity contribution in [3.05, 3.63) is 48.4 Å². The van der Waals surface area contributed by atoms with E-state index in [1.54, 1.807) is 18.7 Å². The molecule has 0 spiro atoms. The second-order valence-corrected chi connectivity index (χ2v) is 7.66. The summed E-state index contributed by atoms with van der Waals surface area (Å²) in [5.74, 6) is 2.44. The average Bonchev–Trinajstić information content (AvgIpc) is 3.42. The monoisotopic (exact) mass is 401 g/mol. The van der Waals surface area contributed by atoms with Gasteiger partial charge in [-0.3, -0.25) is 14.6 Å². The van der Waals surface area contributed by atoms with Crippen molar-refractivity contribution in [1.82, 2.24) is 39.9 Å². The van der Waals surface area contributed by atoms with Crippen LogP contribution in [0, 0.1) is 6.92 Å². The van der Waals surface area contributed by atoms with Crippen molar-refractivity contribution < 1.29 is 0 Å². The van der Waals surface area contributed by atoms with Gasteiger partial charge in [-0.15, -0.1) is 10.2 Å². The molecule has 0 fully saturated rings. The van der Waals surface area contributed by atoms with Crippen LogP contribution in [0.3, 0.4) is 0 Å². The fourth-order valence-electron chi connectivity index (χ4n) is 4.20. The molecule has 152 valence electrons. The molecule has 0 radical (unpaired) electrons. The maximum absolute atomic E-state index is 5.03. The number of fused-ring (bicyclic) bond motifs is 3. The number of pyridine rings is 1. The number of aromatic amines is 1. The van der Waals surface area contributed by atoms with E-state index in [-0.39, 0.29) is 12.1 Å². The van der Waals surface area contributed by atoms with Crippen molar-refractivity contribution >= 4 is 5.82 Å². The lowest BCUT2D eigenvalue weighted by Gasteiger charge is -2.40. The summed E-state index contributed by atoms with van der Waals surface area (Å²) in [4.78, 5) is 16.6. The minimum atomic E-state index is 0.0989. The highest BCUT2D eigenvalue weighted by Gasteiger charge is 2.36. The molecular weight excluding hydrogens is 378 g/mol. The summed E-state index contributed by atoms with van der Waals surface area (Å²) in [6.45, 7) is 8.51. The van der Waals surface area contributed by atoms with E-state index in [0.717, 1.165) is 46.4 Å². The van der Waals surface area contributed by atoms with Crippen molar-refractivity contribution in [2.45, 2.75) is 46.2 Å². The second-order valence-electron chi connectivity index (χ2n) is 7.66. The van der Waals surface area contributed by atoms with Crippen LogP contribution in [0.4, 0.5) is 5.82 Å². The quantitative estimate of drug-likeness (QED) is 0.558. The molecule has 1 atom stereocenters. The minimum Gasteiger partial charge on any atom is -0.342 e. The van der Waals surface area contributed by atoms with Gasteiger partial charge in [-0.1, -0.05) is 13.0 Å². The first kappa shape index (κ1) is 18.4. The summed E-state index contributed by atoms with van der Waals surface area (Å²) in [5, 5.41) is 15.9. The number of hydrogen-bond donors (Lipinski definition) is 1. The van der Waals surface area contributed by atoms with Crippen LogP contribution in [0.2, 0.25) is 0 Å². The molecule has 0 saturated carbocycles. The molecule has 0 saturated heterocycles. The van der Waals surface area contributed by atoms with E-state index in [4.69, 9.17) is 9.97 Å². The van der Waals surface area contributed by atoms with E-state index in [1.807, 2.05) is 29.7 Å². The third-order valence-corrected chi connectivity index (χ3v) is 5.48. The summed E-state index contributed by atoms with van der Waals surface area (Å²) in [6.07, 6.45) is 6.18. The van der Waals surface area contributed by atoms with E-state index in [9.17, 15) is 0 Å². The van der Waals surface area contributed by atoms with Crippen LogP contribution < -0.4 is 4.90 Å². The Morgan fingerprint density at radius 2 is 2.07 bits per heavy atom. The molecule has 0 bridgehead atoms. The van der Waals surface area contributed by atoms with Gasteiger partial charge in [0, 0.05) is 12.2 Å². The number of H-pyrrole nitrogens is 1. The fourth-order valence-corrected chi connectivity index (χ4v) is 4.20. The topological polar surface area (TPSA) is 101 Å². The molecule has 0 aromatic carbocycles. The predicted octanol–water partition coefficient (Wildman–Crippen LogP) is 3.50. The van der Waals surface area contributed by atoms with Gasteiger partial charge in [0.25, 0.3) is 0 Å². The zero-order chi connectivity index (χ0) is 20.8. The molecular formula is C21H23N9. The van der Waals surface area contributed by atoms with Gasteiger partial charge in [0.2, 0.25) is 0 Å². The van der Waals surface area contributed by atoms with Gasteiger partial charge in [-0.2, -0.15) is 5.10 Å². The lowest BCUT2D eigenvalue weighted by Crippen LogP contribution is -2.40. The number of aryl methyl sites for hydroxylation is 1. The van der Waals surface area contributed by atoms with Crippen molar-refractivity contribution in [3.8, 4) is 28.5 Å². The summed E-state index contributed by atoms with van der Waals surface area (Å²) < 4.78 is 2.02. The van der Waals surface area contributed by atoms with Crippen molar-refractivity contribution in [1.29, 1.82) is 0 Å². The maximum atomic E-state index is 5.03. The van der Waals surface area contributed by atoms with Gasteiger partial charge in [0.1, 0.15) is 12.0 Å². The number of aromatic nitrogens is 8. The Balaban J connectivity index is 1.73. The van der Waals surface area contributed by atoms with E-state index in [2.05, 4.69) is 51.0 Å². The van der Waals surface area contributed by atoms with Crippen molar-refractivity contribution in [2.75, 3.05) is 4.90 Å². The zero-order valence-corrected chi connectivity index (χ0v) is 17.4. The summed E-state index contributed by atoms with van der Waals surface area (Å²) >= 11 is 0. The predicted molar refractivity (Wildman–Crippen MR) is 113 cm³/mol. The van der Waals surface area contributed by atoms with E-state index in [0.29, 0.717) is 5.82 Å². The molecule has 0 aliphatic carbocycles. The number of anilines is 1. The molecule has 30 heavy (non-hydrogen) atoms. The van der Waals surface area contributed by atoms with Gasteiger partial charge >= 0.3 is 0 Å². The van der Waals surface area contributed by atoms with Crippen molar-refractivity contribution in [2.24, 2.45) is 0 Å². The third kappa shape index (κ3) is 2.69. The van der Waals surface area contributed by atoms with Gasteiger partial charge in [-0.05, 0) is 39.3 Å². The van der Waals surface area contributed by atoms with Gasteiger partial charge in [0.15, 0.2) is 17.5 Å². The lowest BCUT2D eigenvalue weighted by atomic mass is 10.1. The highest BCUT2D eigenvalue weighted by atomic mass is 15.4. The molecule has 1 N–H and O–H groups in total. The molecule has 1 aliphatic rings. The molecule has 4 aromatic heterocycles. The Kier molecular flexibility index (Phi) is 4.30. The van der Waals surface area contributed by atoms with E-state index in [1.165, 1.54) is 0 Å². The lowest BCUT2D eigenvalue weighted by molar-refractivity contribution is 0.497. The number of rotatable bonds is 4. The SMILES string of the molecule is CC[C@@H]1c2nncn2-c2c(C)nc(-c3cn[nH]c3-c3ccccn3)nc2N1C(C)C. The van der Waals surface area contributed by atoms with Crippen LogP contribution in [0.25, 0.3) is 28.5 Å². The number of nitrogens with one attached hydrogen (secondary N) is 1. The van der Waals surface area contributed by atoms with Crippen LogP contribution in [-0.4, -0.2) is 46.0 Å². The molecule has 5 rings (SSSR count). The zero-order valence-electron chi connectivity index (χ0n) is 17.4. The first-order valence-electron chi connectivity index (χ1n) is 10.1. The molecule has 1 aliphatic heterocycles. The van der Waals surface area contributed by atoms with Crippen LogP contribution >= 0.6 is 0 Å². The normalized spacial score (nSPS) is 15.4. The molecule has 5 heterocycles. The Hall–Kier alpha value is -3.62. The standard InChI is InChI=1S/C21H23N9/c1-5-16-20-28-24-11-29(20)18-13(4)25-19(26-21(18)30(16)12(2)3)14-10-23-27-17(14)15-8-6-7-9-22-15/h6-12,16H,5H2,1-4H3,(H,23,27)/t16-/m1/s1. The third-order valence-electron chi connectivity index (χ3n) is 5.48. The van der Waals surface area contributed by atoms with Gasteiger partial charge in [0.05, 0.1) is 34.9 Å². The second kappa shape index (κ2) is 7.01. The van der Waals surface area contributed by atoms with Gasteiger partial charge in [-0.25, -0.2) is 9.97 Å². The fraction of sp³-hybridized carbons (Fsp3) is 0.333. The van der Waals surface area contributed by atoms with Crippen LogP contribution in [0.15, 0.2) is 36.9 Å². The Bertz CT molecular complexity index is 1190. The molecule has 4 aromatic rings. The Morgan fingerprint density at radius 3 is 2.80 bits per heavy atom. The van der Waals surface area contributed by atoms with Gasteiger partial charge < -0.3 is 4.90 Å². The molecule has 9 nitrogen and oxygen atoms in total. The smallest absolute Gasteiger partial charge is 0.165 e. The van der Waals surface area contributed by atoms with Crippen LogP contribution in [0.5, 0.6) is 0 Å². The Morgan fingerprint density at radius 1 is 1.20 bits per heavy atom. The average molecular weight is 401 g/mol. The maximum Gasteiger partial charge on any atom is 0.165 e. The molecule has 0 unspecified atom stereocenters. The number of hydrogen-bond acceptors (Lipinski definition) is 7. The largest absolute Gasteiger partial charge is 0.342 e. The summed E-state index contributed by atoms with van der Waals surface area (Å²) in [6, 6.07) is 6.12. The van der Waals surface area contributed by atoms with Crippen molar-refractivity contribution in [3.63, 3.8) is 0 Å². The first-order chi connectivity index (χ1) is 14.6. The molecule has 0 amide bonds. The number of nitrogens with zero attached hydrogens (tertiary/aromatic N) is 8. The summed E-state index contributed by atoms with van der Waals surface area (Å²) in [7, 11) is 0. The van der Waals surface area contributed by atoms with E-state index >= 15 is 0 Å². The van der Waals surface area contributed by atoms with Crippen LogP contribution in [-0.2, 0) is 0 Å². The summed E-state index contributed by atoms with van der Waals surface area (Å²) in [5.41, 5.74) is 4.23. The van der Waals surface area contributed by atoms with Crippen LogP contribution in [0.1, 0.15) is 44.8 Å². The minimum absolute atomic E-state index is 0.0989. The first-order valence-corrected chi connectivity index (χ1v) is 10.1. The van der Waals surface area contributed by atoms with E-state index < -0.39 is 0 Å². The highest BCUT2D eigenvalue weighted by Crippen LogP contribution is 2.41.